The van der Waals surface area contributed by atoms with Crippen LogP contribution in [0, 0.1) is 0 Å². The van der Waals surface area contributed by atoms with Crippen LogP contribution in [-0.2, 0) is 0 Å². The molecule has 2 heterocycles. The first-order chi connectivity index (χ1) is 9.22. The maximum atomic E-state index is 5.71. The van der Waals surface area contributed by atoms with Crippen molar-refractivity contribution in [2.24, 2.45) is 5.84 Å². The standard InChI is InChI=1S/C12H21N5OS/c1-17-6-3-4-9(17)5-7-18-11-8-10(16-13)14-12(15-11)19-2/h8-9H,3-7,13H2,1-2H3,(H,14,15,16). The van der Waals surface area contributed by atoms with Gasteiger partial charge in [0, 0.05) is 12.1 Å². The number of ether oxygens (including phenoxy) is 1. The Morgan fingerprint density at radius 3 is 3.05 bits per heavy atom. The highest BCUT2D eigenvalue weighted by atomic mass is 32.2. The summed E-state index contributed by atoms with van der Waals surface area (Å²) in [5.74, 6) is 6.53. The van der Waals surface area contributed by atoms with E-state index in [0.717, 1.165) is 6.42 Å². The molecule has 0 aliphatic carbocycles. The normalized spacial score (nSPS) is 19.6. The first kappa shape index (κ1) is 14.4. The van der Waals surface area contributed by atoms with Gasteiger partial charge in [-0.15, -0.1) is 0 Å². The van der Waals surface area contributed by atoms with Gasteiger partial charge in [0.05, 0.1) is 6.61 Å². The molecule has 1 aromatic rings. The van der Waals surface area contributed by atoms with Gasteiger partial charge < -0.3 is 15.1 Å². The number of nitrogens with two attached hydrogens (primary N) is 1. The van der Waals surface area contributed by atoms with Crippen LogP contribution in [0.1, 0.15) is 19.3 Å². The summed E-state index contributed by atoms with van der Waals surface area (Å²) in [5.41, 5.74) is 2.53. The quantitative estimate of drug-likeness (QED) is 0.353. The van der Waals surface area contributed by atoms with Crippen LogP contribution in [0.5, 0.6) is 5.88 Å². The Morgan fingerprint density at radius 2 is 2.42 bits per heavy atom. The van der Waals surface area contributed by atoms with Gasteiger partial charge in [0.1, 0.15) is 5.82 Å². The smallest absolute Gasteiger partial charge is 0.219 e. The van der Waals surface area contributed by atoms with Crippen molar-refractivity contribution in [3.05, 3.63) is 6.07 Å². The summed E-state index contributed by atoms with van der Waals surface area (Å²) in [5, 5.41) is 0.656. The van der Waals surface area contributed by atoms with E-state index in [0.29, 0.717) is 29.5 Å². The maximum absolute atomic E-state index is 5.71. The molecule has 0 amide bonds. The summed E-state index contributed by atoms with van der Waals surface area (Å²) in [7, 11) is 2.17. The fraction of sp³-hybridized carbons (Fsp3) is 0.667. The highest BCUT2D eigenvalue weighted by molar-refractivity contribution is 7.98. The van der Waals surface area contributed by atoms with E-state index < -0.39 is 0 Å². The van der Waals surface area contributed by atoms with Crippen molar-refractivity contribution in [3.63, 3.8) is 0 Å². The van der Waals surface area contributed by atoms with Gasteiger partial charge in [0.15, 0.2) is 5.16 Å². The lowest BCUT2D eigenvalue weighted by atomic mass is 10.1. The number of aromatic nitrogens is 2. The van der Waals surface area contributed by atoms with Crippen molar-refractivity contribution in [2.45, 2.75) is 30.5 Å². The van der Waals surface area contributed by atoms with Gasteiger partial charge in [-0.2, -0.15) is 4.98 Å². The molecule has 7 heteroatoms. The van der Waals surface area contributed by atoms with Gasteiger partial charge in [-0.25, -0.2) is 10.8 Å². The lowest BCUT2D eigenvalue weighted by Crippen LogP contribution is -2.26. The van der Waals surface area contributed by atoms with E-state index in [1.165, 1.54) is 31.1 Å². The minimum Gasteiger partial charge on any atom is -0.477 e. The average molecular weight is 283 g/mol. The summed E-state index contributed by atoms with van der Waals surface area (Å²) < 4.78 is 5.71. The molecule has 1 fully saturated rings. The largest absolute Gasteiger partial charge is 0.477 e. The van der Waals surface area contributed by atoms with Gasteiger partial charge in [0.2, 0.25) is 5.88 Å². The van der Waals surface area contributed by atoms with Crippen LogP contribution in [0.3, 0.4) is 0 Å². The number of hydrazine groups is 1. The monoisotopic (exact) mass is 283 g/mol. The zero-order valence-corrected chi connectivity index (χ0v) is 12.2. The van der Waals surface area contributed by atoms with Crippen LogP contribution in [0.15, 0.2) is 11.2 Å². The fourth-order valence-corrected chi connectivity index (χ4v) is 2.66. The fourth-order valence-electron chi connectivity index (χ4n) is 2.29. The Kier molecular flexibility index (Phi) is 5.24. The Bertz CT molecular complexity index is 395. The molecule has 2 rings (SSSR count). The Hall–Kier alpha value is -1.05. The number of likely N-dealkylation sites (tertiary alicyclic amines) is 1. The van der Waals surface area contributed by atoms with Crippen LogP contribution < -0.4 is 16.0 Å². The van der Waals surface area contributed by atoms with Crippen molar-refractivity contribution >= 4 is 17.6 Å². The molecular weight excluding hydrogens is 262 g/mol. The Labute approximate surface area is 118 Å². The van der Waals surface area contributed by atoms with Crippen LogP contribution in [0.2, 0.25) is 0 Å². The van der Waals surface area contributed by atoms with E-state index in [2.05, 4.69) is 27.3 Å². The molecule has 1 aliphatic heterocycles. The molecule has 1 aliphatic rings. The molecule has 6 nitrogen and oxygen atoms in total. The molecule has 0 bridgehead atoms. The van der Waals surface area contributed by atoms with Crippen molar-refractivity contribution < 1.29 is 4.74 Å². The summed E-state index contributed by atoms with van der Waals surface area (Å²) in [6.07, 6.45) is 5.50. The Morgan fingerprint density at radius 1 is 1.58 bits per heavy atom. The summed E-state index contributed by atoms with van der Waals surface area (Å²) in [6, 6.07) is 2.35. The molecule has 0 aromatic carbocycles. The summed E-state index contributed by atoms with van der Waals surface area (Å²) in [4.78, 5) is 10.9. The SMILES string of the molecule is CSc1nc(NN)cc(OCCC2CCCN2C)n1. The second-order valence-corrected chi connectivity index (χ2v) is 5.41. The maximum Gasteiger partial charge on any atom is 0.219 e. The van der Waals surface area contributed by atoms with Gasteiger partial charge in [-0.3, -0.25) is 0 Å². The number of thioether (sulfide) groups is 1. The van der Waals surface area contributed by atoms with Crippen LogP contribution in [0.25, 0.3) is 0 Å². The average Bonchev–Trinajstić information content (AvgIpc) is 2.84. The molecule has 0 radical (unpaired) electrons. The zero-order valence-electron chi connectivity index (χ0n) is 11.4. The number of anilines is 1. The number of nitrogens with one attached hydrogen (secondary N) is 1. The van der Waals surface area contributed by atoms with Crippen LogP contribution in [-0.4, -0.2) is 47.4 Å². The van der Waals surface area contributed by atoms with Gasteiger partial charge in [0.25, 0.3) is 0 Å². The van der Waals surface area contributed by atoms with Crippen molar-refractivity contribution in [2.75, 3.05) is 31.9 Å². The lowest BCUT2D eigenvalue weighted by Gasteiger charge is -2.19. The lowest BCUT2D eigenvalue weighted by molar-refractivity contribution is 0.227. The van der Waals surface area contributed by atoms with E-state index in [4.69, 9.17) is 10.6 Å². The van der Waals surface area contributed by atoms with Crippen LogP contribution >= 0.6 is 11.8 Å². The number of nitrogens with zero attached hydrogens (tertiary/aromatic N) is 3. The van der Waals surface area contributed by atoms with Crippen molar-refractivity contribution in [3.8, 4) is 5.88 Å². The topological polar surface area (TPSA) is 76.3 Å². The highest BCUT2D eigenvalue weighted by Gasteiger charge is 2.20. The van der Waals surface area contributed by atoms with Gasteiger partial charge in [-0.05, 0) is 39.1 Å². The molecule has 0 saturated carbocycles. The first-order valence-electron chi connectivity index (χ1n) is 6.45. The molecular formula is C12H21N5OS. The second-order valence-electron chi connectivity index (χ2n) is 4.64. The van der Waals surface area contributed by atoms with Crippen LogP contribution in [0.4, 0.5) is 5.82 Å². The third kappa shape index (κ3) is 3.95. The van der Waals surface area contributed by atoms with E-state index in [1.54, 1.807) is 6.07 Å². The summed E-state index contributed by atoms with van der Waals surface area (Å²) in [6.45, 7) is 1.86. The number of hydrogen-bond donors (Lipinski definition) is 2. The molecule has 19 heavy (non-hydrogen) atoms. The van der Waals surface area contributed by atoms with Gasteiger partial charge >= 0.3 is 0 Å². The van der Waals surface area contributed by atoms with Crippen molar-refractivity contribution in [1.29, 1.82) is 0 Å². The minimum atomic E-state index is 0.576. The zero-order chi connectivity index (χ0) is 13.7. The second kappa shape index (κ2) is 6.93. The predicted molar refractivity (Wildman–Crippen MR) is 77.4 cm³/mol. The number of rotatable bonds is 6. The summed E-state index contributed by atoms with van der Waals surface area (Å²) >= 11 is 1.47. The molecule has 1 aromatic heterocycles. The van der Waals surface area contributed by atoms with E-state index in [-0.39, 0.29) is 0 Å². The predicted octanol–water partition coefficient (Wildman–Crippen LogP) is 1.35. The molecule has 1 unspecified atom stereocenters. The van der Waals surface area contributed by atoms with Crippen molar-refractivity contribution in [1.82, 2.24) is 14.9 Å². The number of nitrogen functional groups attached to an aromatic ring is 1. The molecule has 106 valence electrons. The van der Waals surface area contributed by atoms with E-state index in [9.17, 15) is 0 Å². The Balaban J connectivity index is 1.88. The third-order valence-electron chi connectivity index (χ3n) is 3.39. The molecule has 1 atom stereocenters. The van der Waals surface area contributed by atoms with Gasteiger partial charge in [-0.1, -0.05) is 11.8 Å². The van der Waals surface area contributed by atoms with E-state index >= 15 is 0 Å². The van der Waals surface area contributed by atoms with E-state index in [1.807, 2.05) is 6.26 Å². The number of hydrogen-bond acceptors (Lipinski definition) is 7. The third-order valence-corrected chi connectivity index (χ3v) is 3.93. The highest BCUT2D eigenvalue weighted by Crippen LogP contribution is 2.20. The minimum absolute atomic E-state index is 0.576. The molecule has 3 N–H and O–H groups in total. The molecule has 1 saturated heterocycles. The molecule has 0 spiro atoms. The first-order valence-corrected chi connectivity index (χ1v) is 7.68.